The van der Waals surface area contributed by atoms with E-state index in [4.69, 9.17) is 0 Å². The zero-order valence-electron chi connectivity index (χ0n) is 22.5. The molecule has 5 heterocycles. The van der Waals surface area contributed by atoms with E-state index < -0.39 is 0 Å². The molecule has 4 nitrogen and oxygen atoms in total. The lowest BCUT2D eigenvalue weighted by atomic mass is 9.92. The largest absolute Gasteiger partial charge is 0.304 e. The minimum atomic E-state index is 1.12. The Labute approximate surface area is 240 Å². The molecule has 194 valence electrons. The smallest absolute Gasteiger partial charge is 0.0797 e. The summed E-state index contributed by atoms with van der Waals surface area (Å²) in [5.74, 6) is 0. The Kier molecular flexibility index (Phi) is 4.15. The molecule has 10 rings (SSSR count). The first-order valence-corrected chi connectivity index (χ1v) is 14.3. The molecule has 10 aromatic rings. The summed E-state index contributed by atoms with van der Waals surface area (Å²) in [6, 6.07) is 39.2. The summed E-state index contributed by atoms with van der Waals surface area (Å²) in [6.07, 6.45) is 7.90. The second kappa shape index (κ2) is 7.93. The van der Waals surface area contributed by atoms with Crippen molar-refractivity contribution in [3.8, 4) is 22.3 Å². The second-order valence-corrected chi connectivity index (χ2v) is 11.0. The van der Waals surface area contributed by atoms with Gasteiger partial charge >= 0.3 is 0 Å². The minimum Gasteiger partial charge on any atom is -0.304 e. The van der Waals surface area contributed by atoms with Gasteiger partial charge in [0.15, 0.2) is 0 Å². The van der Waals surface area contributed by atoms with Crippen LogP contribution >= 0.6 is 0 Å². The fourth-order valence-corrected chi connectivity index (χ4v) is 7.41. The molecule has 0 saturated carbocycles. The van der Waals surface area contributed by atoms with Crippen LogP contribution in [0.3, 0.4) is 0 Å². The molecule has 0 aliphatic carbocycles. The molecule has 42 heavy (non-hydrogen) atoms. The van der Waals surface area contributed by atoms with Crippen molar-refractivity contribution < 1.29 is 0 Å². The van der Waals surface area contributed by atoms with Crippen LogP contribution in [0, 0.1) is 0 Å². The van der Waals surface area contributed by atoms with E-state index in [9.17, 15) is 0 Å². The van der Waals surface area contributed by atoms with E-state index >= 15 is 0 Å². The molecule has 0 amide bonds. The first kappa shape index (κ1) is 22.0. The number of fused-ring (bicyclic) bond motifs is 12. The molecule has 5 aromatic heterocycles. The van der Waals surface area contributed by atoms with Gasteiger partial charge in [0, 0.05) is 51.1 Å². The van der Waals surface area contributed by atoms with Crippen molar-refractivity contribution in [2.45, 2.75) is 0 Å². The summed E-state index contributed by atoms with van der Waals surface area (Å²) in [7, 11) is 0. The van der Waals surface area contributed by atoms with Crippen LogP contribution < -0.4 is 0 Å². The van der Waals surface area contributed by atoms with E-state index in [1.54, 1.807) is 0 Å². The number of benzene rings is 5. The highest BCUT2D eigenvalue weighted by molar-refractivity contribution is 6.39. The predicted molar refractivity (Wildman–Crippen MR) is 174 cm³/mol. The topological polar surface area (TPSA) is 34.6 Å². The average Bonchev–Trinajstić information content (AvgIpc) is 3.59. The Balaban J connectivity index is 1.61. The Morgan fingerprint density at radius 2 is 1.07 bits per heavy atom. The molecule has 0 aliphatic rings. The number of pyridine rings is 2. The summed E-state index contributed by atoms with van der Waals surface area (Å²) >= 11 is 0. The third-order valence-corrected chi connectivity index (χ3v) is 9.00. The number of hydrogen-bond acceptors (Lipinski definition) is 2. The van der Waals surface area contributed by atoms with E-state index in [0.29, 0.717) is 0 Å². The average molecular weight is 535 g/mol. The molecule has 0 atom stereocenters. The first-order valence-electron chi connectivity index (χ1n) is 14.3. The van der Waals surface area contributed by atoms with Crippen LogP contribution in [0.25, 0.3) is 87.7 Å². The third-order valence-electron chi connectivity index (χ3n) is 9.00. The summed E-state index contributed by atoms with van der Waals surface area (Å²) in [5, 5.41) is 7.39. The Hall–Kier alpha value is -5.74. The van der Waals surface area contributed by atoms with Crippen LogP contribution in [0.2, 0.25) is 0 Å². The fraction of sp³-hybridized carbons (Fsp3) is 0. The van der Waals surface area contributed by atoms with Gasteiger partial charge in [-0.05, 0) is 40.3 Å². The standard InChI is InChI=1S/C38H22N4/c1-3-9-23(10-4-1)25-13-7-15-28-33(25)35-27-17-19-40-22-32(27)41-31-16-8-14-26(24-11-5-2-6-12-24)36(31)42-30-18-20-39-21-29(30)34(28)37(42)38(35)41/h1-22H. The van der Waals surface area contributed by atoms with Crippen molar-refractivity contribution in [1.29, 1.82) is 0 Å². The van der Waals surface area contributed by atoms with Gasteiger partial charge in [-0.25, -0.2) is 0 Å². The maximum atomic E-state index is 4.64. The molecule has 0 bridgehead atoms. The molecule has 0 spiro atoms. The van der Waals surface area contributed by atoms with Crippen molar-refractivity contribution >= 4 is 65.4 Å². The van der Waals surface area contributed by atoms with Gasteiger partial charge in [-0.15, -0.1) is 0 Å². The van der Waals surface area contributed by atoms with E-state index in [1.807, 2.05) is 24.8 Å². The number of nitrogens with zero attached hydrogens (tertiary/aromatic N) is 4. The number of hydrogen-bond donors (Lipinski definition) is 0. The van der Waals surface area contributed by atoms with Gasteiger partial charge in [-0.2, -0.15) is 0 Å². The van der Waals surface area contributed by atoms with E-state index in [2.05, 4.69) is 128 Å². The van der Waals surface area contributed by atoms with Gasteiger partial charge in [0.05, 0.1) is 39.3 Å². The lowest BCUT2D eigenvalue weighted by Gasteiger charge is -2.17. The Morgan fingerprint density at radius 3 is 1.90 bits per heavy atom. The maximum Gasteiger partial charge on any atom is 0.0797 e. The second-order valence-electron chi connectivity index (χ2n) is 11.0. The quantitative estimate of drug-likeness (QED) is 0.207. The lowest BCUT2D eigenvalue weighted by molar-refractivity contribution is 1.24. The highest BCUT2D eigenvalue weighted by Gasteiger charge is 2.27. The zero-order chi connectivity index (χ0) is 27.4. The van der Waals surface area contributed by atoms with Crippen LogP contribution in [0.15, 0.2) is 134 Å². The molecular formula is C38H22N4. The normalized spacial score (nSPS) is 12.3. The fourth-order valence-electron chi connectivity index (χ4n) is 7.41. The van der Waals surface area contributed by atoms with Crippen LogP contribution in [0.5, 0.6) is 0 Å². The lowest BCUT2D eigenvalue weighted by Crippen LogP contribution is -1.99. The predicted octanol–water partition coefficient (Wildman–Crippen LogP) is 9.52. The summed E-state index contributed by atoms with van der Waals surface area (Å²) < 4.78 is 4.95. The van der Waals surface area contributed by atoms with Crippen LogP contribution in [0.4, 0.5) is 0 Å². The number of aromatic nitrogens is 4. The monoisotopic (exact) mass is 534 g/mol. The van der Waals surface area contributed by atoms with Gasteiger partial charge in [0.2, 0.25) is 0 Å². The Morgan fingerprint density at radius 1 is 0.381 bits per heavy atom. The van der Waals surface area contributed by atoms with Crippen molar-refractivity contribution in [3.63, 3.8) is 0 Å². The van der Waals surface area contributed by atoms with Crippen LogP contribution in [-0.2, 0) is 0 Å². The van der Waals surface area contributed by atoms with Gasteiger partial charge in [-0.1, -0.05) is 91.0 Å². The summed E-state index contributed by atoms with van der Waals surface area (Å²) in [6.45, 7) is 0. The van der Waals surface area contributed by atoms with Gasteiger partial charge in [-0.3, -0.25) is 9.97 Å². The summed E-state index contributed by atoms with van der Waals surface area (Å²) in [4.78, 5) is 9.28. The Bertz CT molecular complexity index is 2480. The minimum absolute atomic E-state index is 1.12. The van der Waals surface area contributed by atoms with Crippen molar-refractivity contribution in [3.05, 3.63) is 134 Å². The van der Waals surface area contributed by atoms with Gasteiger partial charge in [0.1, 0.15) is 0 Å². The zero-order valence-corrected chi connectivity index (χ0v) is 22.5. The van der Waals surface area contributed by atoms with E-state index in [1.165, 1.54) is 65.7 Å². The molecule has 0 aliphatic heterocycles. The van der Waals surface area contributed by atoms with E-state index in [-0.39, 0.29) is 0 Å². The number of para-hydroxylation sites is 1. The SMILES string of the molecule is c1ccc(-c2cccc3c2c2c4ccncc4n4c5cccc(-c6ccccc6)c5n5c6ccncc6c3c5c24)cc1. The highest BCUT2D eigenvalue weighted by atomic mass is 15.0. The molecule has 0 N–H and O–H groups in total. The molecule has 0 unspecified atom stereocenters. The summed E-state index contributed by atoms with van der Waals surface area (Å²) in [5.41, 5.74) is 11.9. The van der Waals surface area contributed by atoms with E-state index in [0.717, 1.165) is 21.9 Å². The van der Waals surface area contributed by atoms with Gasteiger partial charge in [0.25, 0.3) is 0 Å². The highest BCUT2D eigenvalue weighted by Crippen LogP contribution is 2.49. The maximum absolute atomic E-state index is 4.64. The third kappa shape index (κ3) is 2.62. The van der Waals surface area contributed by atoms with Crippen LogP contribution in [0.1, 0.15) is 0 Å². The van der Waals surface area contributed by atoms with Crippen molar-refractivity contribution in [2.75, 3.05) is 0 Å². The molecule has 5 aromatic carbocycles. The van der Waals surface area contributed by atoms with Crippen LogP contribution in [-0.4, -0.2) is 18.8 Å². The molecule has 4 heteroatoms. The molecule has 0 fully saturated rings. The van der Waals surface area contributed by atoms with Crippen molar-refractivity contribution in [2.24, 2.45) is 0 Å². The van der Waals surface area contributed by atoms with Crippen molar-refractivity contribution in [1.82, 2.24) is 18.8 Å². The molecule has 0 radical (unpaired) electrons. The number of rotatable bonds is 2. The molecule has 0 saturated heterocycles. The first-order chi connectivity index (χ1) is 20.9. The van der Waals surface area contributed by atoms with Gasteiger partial charge < -0.3 is 8.80 Å². The molecular weight excluding hydrogens is 512 g/mol.